The molecule has 0 nitrogen and oxygen atoms in total. The van der Waals surface area contributed by atoms with Crippen molar-refractivity contribution in [2.75, 3.05) is 7.18 Å². The van der Waals surface area contributed by atoms with Crippen LogP contribution in [0.3, 0.4) is 0 Å². The standard InChI is InChI=1S/C6H10F4.C2H6.CH3F/c1-4(7)5(2,3)6(8,9)10;2*1-2/h4H,1-3H3;1-2H3;1H3. The number of rotatable bonds is 1. The van der Waals surface area contributed by atoms with E-state index in [0.29, 0.717) is 7.18 Å². The SMILES string of the molecule is CC.CC(F)C(C)(C)C(F)(F)F.CF. The van der Waals surface area contributed by atoms with Gasteiger partial charge in [0, 0.05) is 0 Å². The van der Waals surface area contributed by atoms with Gasteiger partial charge in [-0.15, -0.1) is 0 Å². The van der Waals surface area contributed by atoms with E-state index >= 15 is 0 Å². The summed E-state index contributed by atoms with van der Waals surface area (Å²) in [6, 6.07) is 0. The minimum atomic E-state index is -4.46. The van der Waals surface area contributed by atoms with Crippen LogP contribution < -0.4 is 0 Å². The summed E-state index contributed by atoms with van der Waals surface area (Å²) in [5.41, 5.74) is -2.23. The highest BCUT2D eigenvalue weighted by molar-refractivity contribution is 4.82. The van der Waals surface area contributed by atoms with E-state index in [4.69, 9.17) is 0 Å². The first-order valence-corrected chi connectivity index (χ1v) is 4.28. The number of hydrogen-bond donors (Lipinski definition) is 0. The van der Waals surface area contributed by atoms with Gasteiger partial charge in [0.05, 0.1) is 12.6 Å². The molecule has 0 heterocycles. The Bertz CT molecular complexity index is 115. The van der Waals surface area contributed by atoms with Crippen molar-refractivity contribution in [3.8, 4) is 0 Å². The van der Waals surface area contributed by atoms with E-state index in [1.807, 2.05) is 13.8 Å². The highest BCUT2D eigenvalue weighted by atomic mass is 19.4. The van der Waals surface area contributed by atoms with Gasteiger partial charge in [-0.25, -0.2) is 4.39 Å². The predicted molar refractivity (Wildman–Crippen MR) is 48.8 cm³/mol. The molecule has 5 heteroatoms. The highest BCUT2D eigenvalue weighted by Crippen LogP contribution is 2.41. The quantitative estimate of drug-likeness (QED) is 0.571. The van der Waals surface area contributed by atoms with E-state index in [0.717, 1.165) is 20.8 Å². The lowest BCUT2D eigenvalue weighted by Gasteiger charge is -2.28. The molecule has 90 valence electrons. The van der Waals surface area contributed by atoms with Gasteiger partial charge in [0.1, 0.15) is 6.17 Å². The largest absolute Gasteiger partial charge is 0.396 e. The third-order valence-electron chi connectivity index (χ3n) is 1.73. The van der Waals surface area contributed by atoms with Crippen molar-refractivity contribution in [3.05, 3.63) is 0 Å². The summed E-state index contributed by atoms with van der Waals surface area (Å²) in [6.07, 6.45) is -6.33. The van der Waals surface area contributed by atoms with Gasteiger partial charge in [-0.1, -0.05) is 13.8 Å². The van der Waals surface area contributed by atoms with Gasteiger partial charge in [0.2, 0.25) is 0 Å². The smallest absolute Gasteiger partial charge is 0.255 e. The van der Waals surface area contributed by atoms with Gasteiger partial charge in [-0.2, -0.15) is 13.2 Å². The summed E-state index contributed by atoms with van der Waals surface area (Å²) in [5.74, 6) is 0. The van der Waals surface area contributed by atoms with Crippen molar-refractivity contribution in [2.45, 2.75) is 47.0 Å². The number of hydrogen-bond acceptors (Lipinski definition) is 0. The molecule has 1 atom stereocenters. The van der Waals surface area contributed by atoms with E-state index in [1.54, 1.807) is 0 Å². The average molecular weight is 222 g/mol. The third-order valence-corrected chi connectivity index (χ3v) is 1.73. The van der Waals surface area contributed by atoms with Gasteiger partial charge in [0.15, 0.2) is 0 Å². The lowest BCUT2D eigenvalue weighted by molar-refractivity contribution is -0.228. The minimum absolute atomic E-state index is 0.500. The van der Waals surface area contributed by atoms with Crippen LogP contribution in [0, 0.1) is 5.41 Å². The van der Waals surface area contributed by atoms with Crippen LogP contribution in [0.1, 0.15) is 34.6 Å². The van der Waals surface area contributed by atoms with E-state index in [9.17, 15) is 22.0 Å². The lowest BCUT2D eigenvalue weighted by Crippen LogP contribution is -2.39. The molecular weight excluding hydrogens is 203 g/mol. The number of alkyl halides is 5. The molecule has 0 aliphatic heterocycles. The molecule has 0 spiro atoms. The van der Waals surface area contributed by atoms with Gasteiger partial charge >= 0.3 is 6.18 Å². The van der Waals surface area contributed by atoms with Crippen LogP contribution >= 0.6 is 0 Å². The molecule has 0 saturated carbocycles. The summed E-state index contributed by atoms with van der Waals surface area (Å²) in [6.45, 7) is 6.60. The maximum atomic E-state index is 12.3. The Labute approximate surface area is 82.5 Å². The Morgan fingerprint density at radius 3 is 1.14 bits per heavy atom. The number of halogens is 5. The monoisotopic (exact) mass is 222 g/mol. The van der Waals surface area contributed by atoms with E-state index in [1.165, 1.54) is 0 Å². The van der Waals surface area contributed by atoms with Gasteiger partial charge in [-0.05, 0) is 20.8 Å². The third kappa shape index (κ3) is 6.16. The van der Waals surface area contributed by atoms with Crippen molar-refractivity contribution in [2.24, 2.45) is 5.41 Å². The van der Waals surface area contributed by atoms with Crippen LogP contribution in [0.4, 0.5) is 22.0 Å². The first-order chi connectivity index (χ1) is 6.19. The van der Waals surface area contributed by atoms with Crippen LogP contribution in [0.5, 0.6) is 0 Å². The minimum Gasteiger partial charge on any atom is -0.255 e. The van der Waals surface area contributed by atoms with E-state index in [2.05, 4.69) is 0 Å². The highest BCUT2D eigenvalue weighted by Gasteiger charge is 2.51. The van der Waals surface area contributed by atoms with Crippen LogP contribution in [0.15, 0.2) is 0 Å². The van der Waals surface area contributed by atoms with Crippen LogP contribution in [-0.2, 0) is 0 Å². The molecule has 0 amide bonds. The zero-order valence-electron chi connectivity index (χ0n) is 9.47. The molecule has 0 radical (unpaired) electrons. The zero-order chi connectivity index (χ0) is 12.6. The molecule has 0 fully saturated rings. The maximum Gasteiger partial charge on any atom is 0.396 e. The van der Waals surface area contributed by atoms with Crippen molar-refractivity contribution in [1.29, 1.82) is 0 Å². The van der Waals surface area contributed by atoms with Crippen LogP contribution in [0.2, 0.25) is 0 Å². The molecule has 0 bridgehead atoms. The summed E-state index contributed by atoms with van der Waals surface area (Å²) in [5, 5.41) is 0. The first kappa shape index (κ1) is 19.3. The van der Waals surface area contributed by atoms with Crippen LogP contribution in [0.25, 0.3) is 0 Å². The average Bonchev–Trinajstić information content (AvgIpc) is 2.09. The molecular formula is C9H19F5. The lowest BCUT2D eigenvalue weighted by atomic mass is 9.88. The first-order valence-electron chi connectivity index (χ1n) is 4.28. The summed E-state index contributed by atoms with van der Waals surface area (Å²) < 4.78 is 57.3. The topological polar surface area (TPSA) is 0 Å². The summed E-state index contributed by atoms with van der Waals surface area (Å²) in [7, 11) is 0.500. The van der Waals surface area contributed by atoms with Gasteiger partial charge < -0.3 is 0 Å². The van der Waals surface area contributed by atoms with Crippen molar-refractivity contribution in [3.63, 3.8) is 0 Å². The molecule has 0 aromatic carbocycles. The Morgan fingerprint density at radius 2 is 1.14 bits per heavy atom. The summed E-state index contributed by atoms with van der Waals surface area (Å²) in [4.78, 5) is 0. The molecule has 0 N–H and O–H groups in total. The maximum absolute atomic E-state index is 12.3. The van der Waals surface area contributed by atoms with E-state index < -0.39 is 17.8 Å². The van der Waals surface area contributed by atoms with E-state index in [-0.39, 0.29) is 0 Å². The Balaban J connectivity index is -0.000000266. The molecule has 14 heavy (non-hydrogen) atoms. The molecule has 0 aliphatic carbocycles. The zero-order valence-corrected chi connectivity index (χ0v) is 9.47. The van der Waals surface area contributed by atoms with Gasteiger partial charge in [-0.3, -0.25) is 4.39 Å². The molecule has 0 aromatic heterocycles. The predicted octanol–water partition coefficient (Wildman–Crippen LogP) is 4.54. The fraction of sp³-hybridized carbons (Fsp3) is 1.00. The second-order valence-corrected chi connectivity index (χ2v) is 2.84. The molecule has 0 saturated heterocycles. The molecule has 1 unspecified atom stereocenters. The molecule has 0 aliphatic rings. The second kappa shape index (κ2) is 8.00. The molecule has 0 aromatic rings. The Morgan fingerprint density at radius 1 is 0.929 bits per heavy atom. The fourth-order valence-corrected chi connectivity index (χ4v) is 0.226. The van der Waals surface area contributed by atoms with Crippen molar-refractivity contribution < 1.29 is 22.0 Å². The summed E-state index contributed by atoms with van der Waals surface area (Å²) >= 11 is 0. The normalized spacial score (nSPS) is 13.1. The van der Waals surface area contributed by atoms with Crippen LogP contribution in [-0.4, -0.2) is 19.5 Å². The second-order valence-electron chi connectivity index (χ2n) is 2.84. The Kier molecular flexibility index (Phi) is 11.0. The Hall–Kier alpha value is -0.350. The van der Waals surface area contributed by atoms with Gasteiger partial charge in [0.25, 0.3) is 0 Å². The fourth-order valence-electron chi connectivity index (χ4n) is 0.226. The molecule has 0 rings (SSSR count). The van der Waals surface area contributed by atoms with Crippen molar-refractivity contribution >= 4 is 0 Å². The van der Waals surface area contributed by atoms with Crippen molar-refractivity contribution in [1.82, 2.24) is 0 Å².